The summed E-state index contributed by atoms with van der Waals surface area (Å²) in [5, 5.41) is 0. The van der Waals surface area contributed by atoms with Gasteiger partial charge in [0.1, 0.15) is 0 Å². The Morgan fingerprint density at radius 3 is 0.857 bits per heavy atom. The maximum Gasteiger partial charge on any atom is 4.00 e. The predicted octanol–water partition coefficient (Wildman–Crippen LogP) is 8.81. The van der Waals surface area contributed by atoms with Crippen molar-refractivity contribution in [3.63, 3.8) is 0 Å². The van der Waals surface area contributed by atoms with Crippen molar-refractivity contribution >= 4 is 32.9 Å². The van der Waals surface area contributed by atoms with Gasteiger partial charge in [-0.25, -0.2) is 0 Å². The molecule has 2 saturated heterocycles. The molecule has 2 aromatic carbocycles. The molecular weight excluding hydrogens is 525 g/mol. The molecule has 2 nitrogen and oxygen atoms in total. The van der Waals surface area contributed by atoms with Crippen LogP contribution in [0.25, 0.3) is 9.30 Å². The summed E-state index contributed by atoms with van der Waals surface area (Å²) >= 11 is 0. The van der Waals surface area contributed by atoms with Crippen LogP contribution in [0.4, 0.5) is 0 Å². The molecule has 2 heterocycles. The van der Waals surface area contributed by atoms with Crippen LogP contribution in [0, 0.1) is 24.7 Å². The minimum atomic E-state index is -0.989. The fourth-order valence-electron chi connectivity index (χ4n) is 4.13. The fourth-order valence-corrected chi connectivity index (χ4v) is 28.8. The zero-order valence-electron chi connectivity index (χ0n) is 23.0. The molecule has 2 aliphatic heterocycles. The SMILES string of the molecule is C[Si]1(C)CC[Si](C)(C)[N-]1.C[Si]1(C)CC[Si](C)(C)[N-]1.[C-]#Cc1ccccc1.[C-]#Cc1ccccc1.[Ti+4]. The van der Waals surface area contributed by atoms with E-state index in [1.807, 2.05) is 60.7 Å². The Morgan fingerprint density at radius 1 is 0.514 bits per heavy atom. The van der Waals surface area contributed by atoms with Crippen molar-refractivity contribution in [1.29, 1.82) is 0 Å². The Hall–Kier alpha value is -0.938. The van der Waals surface area contributed by atoms with E-state index < -0.39 is 32.9 Å². The molecule has 2 fully saturated rings. The van der Waals surface area contributed by atoms with Gasteiger partial charge in [-0.15, -0.1) is 35.4 Å². The normalized spacial score (nSPS) is 19.4. The summed E-state index contributed by atoms with van der Waals surface area (Å²) in [5.41, 5.74) is 1.65. The quantitative estimate of drug-likeness (QED) is 0.173. The summed E-state index contributed by atoms with van der Waals surface area (Å²) in [6.45, 7) is 19.1. The Morgan fingerprint density at radius 2 is 0.743 bits per heavy atom. The zero-order chi connectivity index (χ0) is 25.9. The molecule has 0 unspecified atom stereocenters. The van der Waals surface area contributed by atoms with Gasteiger partial charge in [-0.2, -0.15) is 0 Å². The van der Waals surface area contributed by atoms with E-state index in [1.54, 1.807) is 0 Å². The van der Waals surface area contributed by atoms with E-state index >= 15 is 0 Å². The Bertz CT molecular complexity index is 839. The Balaban J connectivity index is 0.000000437. The molecule has 184 valence electrons. The molecule has 35 heavy (non-hydrogen) atoms. The van der Waals surface area contributed by atoms with Gasteiger partial charge in [0.25, 0.3) is 0 Å². The first kappa shape index (κ1) is 34.1. The molecule has 0 aliphatic carbocycles. The van der Waals surface area contributed by atoms with Crippen molar-refractivity contribution < 1.29 is 21.7 Å². The van der Waals surface area contributed by atoms with Crippen molar-refractivity contribution in [2.75, 3.05) is 0 Å². The number of benzene rings is 2. The monoisotopic (exact) mass is 566 g/mol. The molecule has 0 bridgehead atoms. The van der Waals surface area contributed by atoms with Crippen LogP contribution in [0.5, 0.6) is 0 Å². The molecule has 0 N–H and O–H groups in total. The molecule has 4 rings (SSSR count). The van der Waals surface area contributed by atoms with E-state index in [9.17, 15) is 0 Å². The predicted molar refractivity (Wildman–Crippen MR) is 161 cm³/mol. The first-order chi connectivity index (χ1) is 15.7. The smallest absolute Gasteiger partial charge is 0.667 e. The van der Waals surface area contributed by atoms with E-state index in [0.29, 0.717) is 0 Å². The van der Waals surface area contributed by atoms with Gasteiger partial charge < -0.3 is 22.1 Å². The molecule has 0 saturated carbocycles. The van der Waals surface area contributed by atoms with Gasteiger partial charge in [-0.3, -0.25) is 11.8 Å². The van der Waals surface area contributed by atoms with E-state index in [0.717, 1.165) is 11.1 Å². The topological polar surface area (TPSA) is 28.2 Å². The molecule has 2 aliphatic rings. The molecule has 0 spiro atoms. The van der Waals surface area contributed by atoms with E-state index in [4.69, 9.17) is 22.1 Å². The number of nitrogens with zero attached hydrogens (tertiary/aromatic N) is 2. The average Bonchev–Trinajstić information content (AvgIpc) is 3.20. The molecule has 2 aromatic rings. The van der Waals surface area contributed by atoms with Crippen LogP contribution >= 0.6 is 0 Å². The number of rotatable bonds is 0. The number of hydrogen-bond donors (Lipinski definition) is 0. The summed E-state index contributed by atoms with van der Waals surface area (Å²) in [6.07, 6.45) is 13.4. The Labute approximate surface area is 235 Å². The van der Waals surface area contributed by atoms with Gasteiger partial charge in [0.2, 0.25) is 0 Å². The van der Waals surface area contributed by atoms with E-state index in [1.165, 1.54) is 24.2 Å². The molecule has 7 heteroatoms. The van der Waals surface area contributed by atoms with E-state index in [-0.39, 0.29) is 21.7 Å². The van der Waals surface area contributed by atoms with Crippen LogP contribution in [0.2, 0.25) is 76.6 Å². The van der Waals surface area contributed by atoms with Crippen molar-refractivity contribution in [2.24, 2.45) is 0 Å². The standard InChI is InChI=1S/2C8H5.2C6H16NSi2.Ti/c2*1-2-8-6-4-3-5-7-8;2*1-8(2)5-6-9(3,4)7-8;/h2*3-7H;2*5-6H2,1-4H3;/q4*-1;+4. The van der Waals surface area contributed by atoms with Crippen LogP contribution in [0.1, 0.15) is 11.1 Å². The molecule has 0 radical (unpaired) electrons. The second-order valence-corrected chi connectivity index (χ2v) is 29.7. The summed E-state index contributed by atoms with van der Waals surface area (Å²) in [6, 6.07) is 24.5. The summed E-state index contributed by atoms with van der Waals surface area (Å²) in [4.78, 5) is 0. The van der Waals surface area contributed by atoms with Crippen LogP contribution in [-0.2, 0) is 21.7 Å². The third-order valence-corrected chi connectivity index (χ3v) is 22.3. The van der Waals surface area contributed by atoms with Crippen molar-refractivity contribution in [2.45, 2.75) is 76.6 Å². The molecule has 0 atom stereocenters. The third kappa shape index (κ3) is 15.7. The van der Waals surface area contributed by atoms with Gasteiger partial charge in [0.15, 0.2) is 0 Å². The van der Waals surface area contributed by atoms with E-state index in [2.05, 4.69) is 64.2 Å². The summed E-state index contributed by atoms with van der Waals surface area (Å²) in [7, 11) is -3.96. The van der Waals surface area contributed by atoms with Gasteiger partial charge in [-0.1, -0.05) is 146 Å². The second kappa shape index (κ2) is 15.3. The van der Waals surface area contributed by atoms with Crippen molar-refractivity contribution in [3.8, 4) is 11.8 Å². The minimum absolute atomic E-state index is 0. The molecular formula is C28H42N2Si4Ti. The first-order valence-electron chi connectivity index (χ1n) is 12.1. The van der Waals surface area contributed by atoms with Gasteiger partial charge in [-0.05, 0) is 0 Å². The molecule has 0 aromatic heterocycles. The maximum absolute atomic E-state index is 6.69. The summed E-state index contributed by atoms with van der Waals surface area (Å²) < 4.78 is 9.86. The summed E-state index contributed by atoms with van der Waals surface area (Å²) in [5.74, 6) is 4.55. The Kier molecular flexibility index (Phi) is 14.9. The van der Waals surface area contributed by atoms with Crippen molar-refractivity contribution in [3.05, 3.63) is 93.9 Å². The molecule has 0 amide bonds. The minimum Gasteiger partial charge on any atom is -0.667 e. The first-order valence-corrected chi connectivity index (χ1v) is 24.7. The largest absolute Gasteiger partial charge is 4.00 e. The van der Waals surface area contributed by atoms with Gasteiger partial charge >= 0.3 is 21.7 Å². The van der Waals surface area contributed by atoms with Crippen LogP contribution in [-0.4, -0.2) is 32.9 Å². The second-order valence-electron chi connectivity index (χ2n) is 11.5. The van der Waals surface area contributed by atoms with Crippen LogP contribution < -0.4 is 0 Å². The zero-order valence-corrected chi connectivity index (χ0v) is 28.6. The van der Waals surface area contributed by atoms with Crippen LogP contribution in [0.3, 0.4) is 0 Å². The maximum atomic E-state index is 6.69. The third-order valence-electron chi connectivity index (χ3n) is 5.74. The van der Waals surface area contributed by atoms with Crippen molar-refractivity contribution in [1.82, 2.24) is 0 Å². The van der Waals surface area contributed by atoms with Gasteiger partial charge in [0, 0.05) is 0 Å². The van der Waals surface area contributed by atoms with Gasteiger partial charge in [0.05, 0.1) is 0 Å². The fraction of sp³-hybridized carbons (Fsp3) is 0.429. The number of hydrogen-bond acceptors (Lipinski definition) is 0. The van der Waals surface area contributed by atoms with Crippen LogP contribution in [0.15, 0.2) is 60.7 Å². The average molecular weight is 567 g/mol.